The van der Waals surface area contributed by atoms with Gasteiger partial charge >= 0.3 is 11.8 Å². The molecule has 6 nitrogen and oxygen atoms in total. The van der Waals surface area contributed by atoms with Crippen LogP contribution in [0.1, 0.15) is 19.8 Å². The molecule has 0 spiro atoms. The molecule has 2 amide bonds. The average Bonchev–Trinajstić information content (AvgIpc) is 2.35. The first-order chi connectivity index (χ1) is 8.41. The van der Waals surface area contributed by atoms with Crippen LogP contribution in [0.5, 0.6) is 0 Å². The minimum Gasteiger partial charge on any atom is -0.392 e. The van der Waals surface area contributed by atoms with Crippen molar-refractivity contribution in [3.63, 3.8) is 0 Å². The highest BCUT2D eigenvalue weighted by molar-refractivity contribution is 6.35. The molecule has 104 valence electrons. The Morgan fingerprint density at radius 2 is 2.00 bits per heavy atom. The molecule has 1 fully saturated rings. The van der Waals surface area contributed by atoms with Crippen LogP contribution in [0.25, 0.3) is 0 Å². The SMILES string of the molecule is CC(O)CNC(=O)C(=O)N(C)C1CCN(C)CC1. The van der Waals surface area contributed by atoms with Crippen molar-refractivity contribution < 1.29 is 14.7 Å². The Morgan fingerprint density at radius 3 is 2.50 bits per heavy atom. The molecule has 18 heavy (non-hydrogen) atoms. The highest BCUT2D eigenvalue weighted by Gasteiger charge is 2.27. The lowest BCUT2D eigenvalue weighted by atomic mass is 10.0. The summed E-state index contributed by atoms with van der Waals surface area (Å²) in [5.74, 6) is -1.16. The van der Waals surface area contributed by atoms with E-state index in [9.17, 15) is 9.59 Å². The first kappa shape index (κ1) is 14.9. The van der Waals surface area contributed by atoms with Crippen LogP contribution in [0.2, 0.25) is 0 Å². The van der Waals surface area contributed by atoms with Gasteiger partial charge in [0.15, 0.2) is 0 Å². The molecule has 1 aliphatic rings. The maximum atomic E-state index is 11.9. The van der Waals surface area contributed by atoms with Gasteiger partial charge in [0.2, 0.25) is 0 Å². The van der Waals surface area contributed by atoms with Gasteiger partial charge in [0.05, 0.1) is 6.10 Å². The minimum absolute atomic E-state index is 0.103. The molecule has 6 heteroatoms. The molecule has 0 radical (unpaired) electrons. The number of hydrogen-bond donors (Lipinski definition) is 2. The third-order valence-electron chi connectivity index (χ3n) is 3.31. The maximum Gasteiger partial charge on any atom is 0.311 e. The van der Waals surface area contributed by atoms with Crippen LogP contribution in [0.15, 0.2) is 0 Å². The maximum absolute atomic E-state index is 11.9. The van der Waals surface area contributed by atoms with E-state index in [0.717, 1.165) is 25.9 Å². The lowest BCUT2D eigenvalue weighted by Crippen LogP contribution is -2.50. The van der Waals surface area contributed by atoms with Gasteiger partial charge in [-0.2, -0.15) is 0 Å². The van der Waals surface area contributed by atoms with Gasteiger partial charge < -0.3 is 20.2 Å². The molecule has 0 aromatic rings. The van der Waals surface area contributed by atoms with Crippen LogP contribution in [0.3, 0.4) is 0 Å². The number of aliphatic hydroxyl groups is 1. The number of carbonyl (C=O) groups excluding carboxylic acids is 2. The van der Waals surface area contributed by atoms with Crippen molar-refractivity contribution in [1.82, 2.24) is 15.1 Å². The first-order valence-corrected chi connectivity index (χ1v) is 6.33. The van der Waals surface area contributed by atoms with E-state index in [1.165, 1.54) is 4.90 Å². The largest absolute Gasteiger partial charge is 0.392 e. The van der Waals surface area contributed by atoms with Crippen LogP contribution in [-0.2, 0) is 9.59 Å². The fourth-order valence-corrected chi connectivity index (χ4v) is 2.02. The Kier molecular flexibility index (Phi) is 5.55. The van der Waals surface area contributed by atoms with E-state index < -0.39 is 17.9 Å². The number of amides is 2. The van der Waals surface area contributed by atoms with Gasteiger partial charge in [0.25, 0.3) is 0 Å². The zero-order chi connectivity index (χ0) is 13.7. The quantitative estimate of drug-likeness (QED) is 0.639. The molecular weight excluding hydrogens is 234 g/mol. The predicted octanol–water partition coefficient (Wildman–Crippen LogP) is -0.964. The monoisotopic (exact) mass is 257 g/mol. The van der Waals surface area contributed by atoms with Crippen molar-refractivity contribution in [3.8, 4) is 0 Å². The summed E-state index contributed by atoms with van der Waals surface area (Å²) in [6.45, 7) is 3.55. The second-order valence-corrected chi connectivity index (χ2v) is 5.01. The Balaban J connectivity index is 2.42. The van der Waals surface area contributed by atoms with Crippen molar-refractivity contribution in [2.75, 3.05) is 33.7 Å². The van der Waals surface area contributed by atoms with Gasteiger partial charge in [-0.1, -0.05) is 0 Å². The van der Waals surface area contributed by atoms with Gasteiger partial charge in [0.1, 0.15) is 0 Å². The normalized spacial score (nSPS) is 19.3. The smallest absolute Gasteiger partial charge is 0.311 e. The van der Waals surface area contributed by atoms with Crippen LogP contribution in [-0.4, -0.2) is 72.6 Å². The second kappa shape index (κ2) is 6.70. The van der Waals surface area contributed by atoms with Gasteiger partial charge in [0, 0.05) is 19.6 Å². The number of nitrogens with one attached hydrogen (secondary N) is 1. The molecule has 1 saturated heterocycles. The van der Waals surface area contributed by atoms with E-state index in [0.29, 0.717) is 0 Å². The van der Waals surface area contributed by atoms with E-state index in [1.807, 2.05) is 7.05 Å². The van der Waals surface area contributed by atoms with Crippen molar-refractivity contribution in [2.45, 2.75) is 31.9 Å². The summed E-state index contributed by atoms with van der Waals surface area (Å²) in [5.41, 5.74) is 0. The Labute approximate surface area is 108 Å². The van der Waals surface area contributed by atoms with Gasteiger partial charge in [-0.15, -0.1) is 0 Å². The summed E-state index contributed by atoms with van der Waals surface area (Å²) in [4.78, 5) is 27.2. The fourth-order valence-electron chi connectivity index (χ4n) is 2.02. The number of hydrogen-bond acceptors (Lipinski definition) is 4. The summed E-state index contributed by atoms with van der Waals surface area (Å²) < 4.78 is 0. The van der Waals surface area contributed by atoms with Gasteiger partial charge in [-0.05, 0) is 39.9 Å². The number of rotatable bonds is 3. The average molecular weight is 257 g/mol. The zero-order valence-electron chi connectivity index (χ0n) is 11.3. The molecule has 1 aliphatic heterocycles. The minimum atomic E-state index is -0.643. The number of carbonyl (C=O) groups is 2. The Hall–Kier alpha value is -1.14. The highest BCUT2D eigenvalue weighted by Crippen LogP contribution is 2.14. The lowest BCUT2D eigenvalue weighted by Gasteiger charge is -2.34. The first-order valence-electron chi connectivity index (χ1n) is 6.33. The van der Waals surface area contributed by atoms with Crippen molar-refractivity contribution in [2.24, 2.45) is 0 Å². The number of aliphatic hydroxyl groups excluding tert-OH is 1. The lowest BCUT2D eigenvalue weighted by molar-refractivity contribution is -0.147. The van der Waals surface area contributed by atoms with Crippen LogP contribution in [0.4, 0.5) is 0 Å². The highest BCUT2D eigenvalue weighted by atomic mass is 16.3. The van der Waals surface area contributed by atoms with E-state index in [4.69, 9.17) is 5.11 Å². The Morgan fingerprint density at radius 1 is 1.44 bits per heavy atom. The third kappa shape index (κ3) is 4.27. The molecule has 0 saturated carbocycles. The molecule has 2 N–H and O–H groups in total. The summed E-state index contributed by atoms with van der Waals surface area (Å²) >= 11 is 0. The molecule has 0 aromatic carbocycles. The number of nitrogens with zero attached hydrogens (tertiary/aromatic N) is 2. The summed E-state index contributed by atoms with van der Waals surface area (Å²) in [6.07, 6.45) is 1.14. The summed E-state index contributed by atoms with van der Waals surface area (Å²) in [7, 11) is 3.72. The van der Waals surface area contributed by atoms with Gasteiger partial charge in [-0.3, -0.25) is 9.59 Å². The standard InChI is InChI=1S/C12H23N3O3/c1-9(16)8-13-11(17)12(18)15(3)10-4-6-14(2)7-5-10/h9-10,16H,4-8H2,1-3H3,(H,13,17). The molecule has 1 rings (SSSR count). The fraction of sp³-hybridized carbons (Fsp3) is 0.833. The molecular formula is C12H23N3O3. The number of likely N-dealkylation sites (tertiary alicyclic amines) is 1. The number of piperidine rings is 1. The molecule has 1 atom stereocenters. The summed E-state index contributed by atoms with van der Waals surface area (Å²) in [5, 5.41) is 11.5. The van der Waals surface area contributed by atoms with Crippen LogP contribution in [0, 0.1) is 0 Å². The molecule has 0 aromatic heterocycles. The van der Waals surface area contributed by atoms with E-state index in [-0.39, 0.29) is 12.6 Å². The summed E-state index contributed by atoms with van der Waals surface area (Å²) in [6, 6.07) is 0.131. The number of likely N-dealkylation sites (N-methyl/N-ethyl adjacent to an activating group) is 1. The molecule has 1 unspecified atom stereocenters. The second-order valence-electron chi connectivity index (χ2n) is 5.01. The zero-order valence-corrected chi connectivity index (χ0v) is 11.3. The van der Waals surface area contributed by atoms with E-state index in [2.05, 4.69) is 10.2 Å². The third-order valence-corrected chi connectivity index (χ3v) is 3.31. The molecule has 0 bridgehead atoms. The van der Waals surface area contributed by atoms with Crippen molar-refractivity contribution >= 4 is 11.8 Å². The molecule has 1 heterocycles. The van der Waals surface area contributed by atoms with Crippen LogP contribution >= 0.6 is 0 Å². The predicted molar refractivity (Wildman–Crippen MR) is 68.0 cm³/mol. The van der Waals surface area contributed by atoms with Gasteiger partial charge in [-0.25, -0.2) is 0 Å². The van der Waals surface area contributed by atoms with E-state index >= 15 is 0 Å². The van der Waals surface area contributed by atoms with Crippen molar-refractivity contribution in [1.29, 1.82) is 0 Å². The topological polar surface area (TPSA) is 72.9 Å². The van der Waals surface area contributed by atoms with E-state index in [1.54, 1.807) is 14.0 Å². The Bertz CT molecular complexity index is 299. The van der Waals surface area contributed by atoms with Crippen LogP contribution < -0.4 is 5.32 Å². The molecule has 0 aliphatic carbocycles. The van der Waals surface area contributed by atoms with Crippen molar-refractivity contribution in [3.05, 3.63) is 0 Å².